The lowest BCUT2D eigenvalue weighted by Gasteiger charge is -2.19. The zero-order valence-corrected chi connectivity index (χ0v) is 31.3. The summed E-state index contributed by atoms with van der Waals surface area (Å²) in [6.45, 7) is 8.10. The van der Waals surface area contributed by atoms with Gasteiger partial charge in [-0.05, 0) is 32.1 Å². The number of esters is 3. The molecule has 0 aromatic heterocycles. The van der Waals surface area contributed by atoms with Gasteiger partial charge in [0.2, 0.25) is 0 Å². The second kappa shape index (κ2) is 36.6. The standard InChI is InChI=1S/C39H74O9/c1-4-7-10-13-18-23-30-45-39(46-31-24-19-14-11-8-5-2)28-27-38(43)48-34-35(32-40)33-47-37(42)26-21-17-15-16-20-25-36(41)44-29-22-12-9-6-3/h35,39-40H,4-34H2,1-3H3. The molecule has 48 heavy (non-hydrogen) atoms. The topological polar surface area (TPSA) is 118 Å². The molecule has 0 amide bonds. The highest BCUT2D eigenvalue weighted by Crippen LogP contribution is 2.13. The van der Waals surface area contributed by atoms with E-state index in [9.17, 15) is 19.5 Å². The second-order valence-corrected chi connectivity index (χ2v) is 13.2. The van der Waals surface area contributed by atoms with Crippen LogP contribution in [0.4, 0.5) is 0 Å². The van der Waals surface area contributed by atoms with E-state index in [1.165, 1.54) is 64.2 Å². The highest BCUT2D eigenvalue weighted by atomic mass is 16.7. The first-order valence-corrected chi connectivity index (χ1v) is 19.8. The van der Waals surface area contributed by atoms with Crippen LogP contribution in [-0.2, 0) is 38.1 Å². The largest absolute Gasteiger partial charge is 0.466 e. The predicted molar refractivity (Wildman–Crippen MR) is 192 cm³/mol. The lowest BCUT2D eigenvalue weighted by atomic mass is 10.1. The van der Waals surface area contributed by atoms with E-state index in [4.69, 9.17) is 23.7 Å². The molecule has 0 bridgehead atoms. The summed E-state index contributed by atoms with van der Waals surface area (Å²) in [4.78, 5) is 36.4. The number of hydrogen-bond donors (Lipinski definition) is 1. The van der Waals surface area contributed by atoms with Gasteiger partial charge in [-0.3, -0.25) is 14.4 Å². The molecule has 0 rings (SSSR count). The summed E-state index contributed by atoms with van der Waals surface area (Å²) in [6, 6.07) is 0. The fraction of sp³-hybridized carbons (Fsp3) is 0.923. The van der Waals surface area contributed by atoms with Crippen molar-refractivity contribution in [2.45, 2.75) is 188 Å². The molecule has 9 heteroatoms. The van der Waals surface area contributed by atoms with Crippen LogP contribution in [0.1, 0.15) is 181 Å². The van der Waals surface area contributed by atoms with E-state index < -0.39 is 12.2 Å². The molecule has 0 radical (unpaired) electrons. The molecule has 284 valence electrons. The Kier molecular flexibility index (Phi) is 35.3. The summed E-state index contributed by atoms with van der Waals surface area (Å²) in [6.07, 6.45) is 23.8. The summed E-state index contributed by atoms with van der Waals surface area (Å²) < 4.78 is 28.0. The number of carbonyl (C=O) groups is 3. The molecule has 0 aliphatic heterocycles. The smallest absolute Gasteiger partial charge is 0.305 e. The third-order valence-corrected chi connectivity index (χ3v) is 8.43. The zero-order valence-electron chi connectivity index (χ0n) is 31.3. The SMILES string of the molecule is CCCCCCCCOC(CCC(=O)OCC(CO)COC(=O)CCCCCCCC(=O)OCCCCCC)OCCCCCCCC. The Bertz CT molecular complexity index is 712. The predicted octanol–water partition coefficient (Wildman–Crippen LogP) is 9.40. The molecule has 0 spiro atoms. The summed E-state index contributed by atoms with van der Waals surface area (Å²) in [5.41, 5.74) is 0. The molecule has 1 N–H and O–H groups in total. The van der Waals surface area contributed by atoms with Gasteiger partial charge in [-0.1, -0.05) is 124 Å². The van der Waals surface area contributed by atoms with Crippen molar-refractivity contribution in [3.05, 3.63) is 0 Å². The van der Waals surface area contributed by atoms with Crippen LogP contribution in [0, 0.1) is 5.92 Å². The molecular weight excluding hydrogens is 612 g/mol. The Morgan fingerprint density at radius 3 is 1.31 bits per heavy atom. The van der Waals surface area contributed by atoms with Gasteiger partial charge in [0.25, 0.3) is 0 Å². The first-order chi connectivity index (χ1) is 23.5. The average Bonchev–Trinajstić information content (AvgIpc) is 3.08. The van der Waals surface area contributed by atoms with Crippen molar-refractivity contribution < 1.29 is 43.2 Å². The number of hydrogen-bond acceptors (Lipinski definition) is 9. The monoisotopic (exact) mass is 687 g/mol. The van der Waals surface area contributed by atoms with Gasteiger partial charge in [0, 0.05) is 32.5 Å². The van der Waals surface area contributed by atoms with Gasteiger partial charge >= 0.3 is 17.9 Å². The maximum Gasteiger partial charge on any atom is 0.305 e. The summed E-state index contributed by atoms with van der Waals surface area (Å²) in [5.74, 6) is -1.28. The van der Waals surface area contributed by atoms with Crippen molar-refractivity contribution in [3.8, 4) is 0 Å². The molecule has 0 aliphatic rings. The molecule has 1 atom stereocenters. The summed E-state index contributed by atoms with van der Waals surface area (Å²) >= 11 is 0. The highest BCUT2D eigenvalue weighted by molar-refractivity contribution is 5.70. The Hall–Kier alpha value is -1.71. The number of unbranched alkanes of at least 4 members (excludes halogenated alkanes) is 17. The molecule has 0 aromatic rings. The maximum atomic E-state index is 12.5. The average molecular weight is 687 g/mol. The fourth-order valence-corrected chi connectivity index (χ4v) is 5.22. The Balaban J connectivity index is 4.14. The van der Waals surface area contributed by atoms with Gasteiger partial charge in [-0.2, -0.15) is 0 Å². The molecule has 1 unspecified atom stereocenters. The van der Waals surface area contributed by atoms with Crippen LogP contribution in [0.3, 0.4) is 0 Å². The number of aliphatic hydroxyl groups excluding tert-OH is 1. The van der Waals surface area contributed by atoms with E-state index in [0.717, 1.165) is 64.2 Å². The van der Waals surface area contributed by atoms with E-state index in [2.05, 4.69) is 20.8 Å². The molecule has 0 saturated carbocycles. The molecule has 0 heterocycles. The van der Waals surface area contributed by atoms with Crippen LogP contribution in [0.5, 0.6) is 0 Å². The van der Waals surface area contributed by atoms with Crippen LogP contribution in [0.15, 0.2) is 0 Å². The second-order valence-electron chi connectivity index (χ2n) is 13.2. The number of carbonyl (C=O) groups excluding carboxylic acids is 3. The van der Waals surface area contributed by atoms with E-state index in [0.29, 0.717) is 45.5 Å². The number of ether oxygens (including phenoxy) is 5. The Morgan fingerprint density at radius 1 is 0.458 bits per heavy atom. The molecular formula is C39H74O9. The molecule has 9 nitrogen and oxygen atoms in total. The molecule has 0 aromatic carbocycles. The summed E-state index contributed by atoms with van der Waals surface area (Å²) in [5, 5.41) is 9.71. The fourth-order valence-electron chi connectivity index (χ4n) is 5.22. The summed E-state index contributed by atoms with van der Waals surface area (Å²) in [7, 11) is 0. The van der Waals surface area contributed by atoms with Crippen LogP contribution in [-0.4, -0.2) is 68.9 Å². The van der Waals surface area contributed by atoms with E-state index in [-0.39, 0.29) is 44.1 Å². The number of rotatable bonds is 37. The van der Waals surface area contributed by atoms with Gasteiger partial charge in [-0.15, -0.1) is 0 Å². The highest BCUT2D eigenvalue weighted by Gasteiger charge is 2.17. The lowest BCUT2D eigenvalue weighted by molar-refractivity contribution is -0.161. The number of aliphatic hydroxyl groups is 1. The Labute approximate surface area is 293 Å². The van der Waals surface area contributed by atoms with Gasteiger partial charge < -0.3 is 28.8 Å². The normalized spacial score (nSPS) is 11.9. The minimum absolute atomic E-state index is 0.00825. The van der Waals surface area contributed by atoms with E-state index >= 15 is 0 Å². The first kappa shape index (κ1) is 46.3. The van der Waals surface area contributed by atoms with Crippen molar-refractivity contribution in [1.29, 1.82) is 0 Å². The first-order valence-electron chi connectivity index (χ1n) is 19.8. The van der Waals surface area contributed by atoms with Gasteiger partial charge in [0.1, 0.15) is 0 Å². The van der Waals surface area contributed by atoms with Crippen LogP contribution < -0.4 is 0 Å². The van der Waals surface area contributed by atoms with Gasteiger partial charge in [0.05, 0.1) is 38.8 Å². The maximum absolute atomic E-state index is 12.5. The quantitative estimate of drug-likeness (QED) is 0.0295. The van der Waals surface area contributed by atoms with Crippen LogP contribution in [0.2, 0.25) is 0 Å². The van der Waals surface area contributed by atoms with Crippen molar-refractivity contribution in [2.24, 2.45) is 5.92 Å². The minimum atomic E-state index is -0.465. The Morgan fingerprint density at radius 2 is 0.833 bits per heavy atom. The third-order valence-electron chi connectivity index (χ3n) is 8.43. The lowest BCUT2D eigenvalue weighted by Crippen LogP contribution is -2.25. The van der Waals surface area contributed by atoms with Crippen molar-refractivity contribution in [2.75, 3.05) is 39.6 Å². The van der Waals surface area contributed by atoms with Crippen molar-refractivity contribution in [3.63, 3.8) is 0 Å². The zero-order chi connectivity index (χ0) is 35.3. The minimum Gasteiger partial charge on any atom is -0.466 e. The van der Waals surface area contributed by atoms with Gasteiger partial charge in [-0.25, -0.2) is 0 Å². The van der Waals surface area contributed by atoms with Gasteiger partial charge in [0.15, 0.2) is 6.29 Å². The molecule has 0 saturated heterocycles. The van der Waals surface area contributed by atoms with Crippen LogP contribution in [0.25, 0.3) is 0 Å². The third kappa shape index (κ3) is 32.8. The van der Waals surface area contributed by atoms with Crippen LogP contribution >= 0.6 is 0 Å². The molecule has 0 fully saturated rings. The van der Waals surface area contributed by atoms with E-state index in [1.807, 2.05) is 0 Å². The van der Waals surface area contributed by atoms with E-state index in [1.54, 1.807) is 0 Å². The van der Waals surface area contributed by atoms with Crippen molar-refractivity contribution in [1.82, 2.24) is 0 Å². The molecule has 0 aliphatic carbocycles. The van der Waals surface area contributed by atoms with Crippen molar-refractivity contribution >= 4 is 17.9 Å².